The summed E-state index contributed by atoms with van der Waals surface area (Å²) in [4.78, 5) is 12.2. The van der Waals surface area contributed by atoms with Gasteiger partial charge in [0.2, 0.25) is 0 Å². The molecule has 0 bridgehead atoms. The normalized spacial score (nSPS) is 24.7. The molecule has 1 saturated heterocycles. The molecule has 2 aromatic rings. The lowest BCUT2D eigenvalue weighted by atomic mass is 9.94. The number of amidine groups is 1. The summed E-state index contributed by atoms with van der Waals surface area (Å²) in [6.45, 7) is 6.41. The number of ether oxygens (including phenoxy) is 1. The Hall–Kier alpha value is -2.01. The third-order valence-corrected chi connectivity index (χ3v) is 6.06. The molecule has 2 aliphatic heterocycles. The van der Waals surface area contributed by atoms with E-state index in [1.165, 1.54) is 5.56 Å². The first-order chi connectivity index (χ1) is 12.7. The van der Waals surface area contributed by atoms with Crippen LogP contribution in [0.25, 0.3) is 0 Å². The molecule has 26 heavy (non-hydrogen) atoms. The van der Waals surface area contributed by atoms with E-state index in [4.69, 9.17) is 9.73 Å². The van der Waals surface area contributed by atoms with Crippen molar-refractivity contribution in [2.75, 3.05) is 5.75 Å². The Bertz CT molecular complexity index is 793. The molecule has 0 aliphatic carbocycles. The molecule has 2 aliphatic rings. The molecular formula is C21H25N3OS. The molecule has 0 amide bonds. The van der Waals surface area contributed by atoms with Crippen molar-refractivity contribution < 1.29 is 4.74 Å². The highest BCUT2D eigenvalue weighted by Gasteiger charge is 2.46. The fourth-order valence-corrected chi connectivity index (χ4v) is 5.11. The summed E-state index contributed by atoms with van der Waals surface area (Å²) in [5.41, 5.74) is 2.23. The van der Waals surface area contributed by atoms with Gasteiger partial charge in [0.15, 0.2) is 5.17 Å². The van der Waals surface area contributed by atoms with Gasteiger partial charge in [0.1, 0.15) is 11.8 Å². The quantitative estimate of drug-likeness (QED) is 0.757. The summed E-state index contributed by atoms with van der Waals surface area (Å²) in [7, 11) is 0. The number of para-hydroxylation sites is 1. The largest absolute Gasteiger partial charge is 0.491 e. The van der Waals surface area contributed by atoms with E-state index >= 15 is 0 Å². The lowest BCUT2D eigenvalue weighted by Crippen LogP contribution is -2.35. The molecule has 1 aromatic carbocycles. The van der Waals surface area contributed by atoms with Crippen LogP contribution in [0.3, 0.4) is 0 Å². The van der Waals surface area contributed by atoms with Crippen LogP contribution in [0, 0.1) is 0 Å². The van der Waals surface area contributed by atoms with Crippen molar-refractivity contribution >= 4 is 16.9 Å². The van der Waals surface area contributed by atoms with Gasteiger partial charge in [-0.05, 0) is 38.5 Å². The molecule has 136 valence electrons. The molecule has 1 fully saturated rings. The lowest BCUT2D eigenvalue weighted by Gasteiger charge is -2.33. The van der Waals surface area contributed by atoms with Crippen molar-refractivity contribution in [3.05, 3.63) is 59.9 Å². The second-order valence-corrected chi connectivity index (χ2v) is 8.03. The van der Waals surface area contributed by atoms with Gasteiger partial charge in [-0.25, -0.2) is 0 Å². The van der Waals surface area contributed by atoms with Crippen molar-refractivity contribution in [3.8, 4) is 5.75 Å². The summed E-state index contributed by atoms with van der Waals surface area (Å²) in [6, 6.07) is 15.1. The van der Waals surface area contributed by atoms with E-state index in [-0.39, 0.29) is 18.2 Å². The second-order valence-electron chi connectivity index (χ2n) is 7.04. The van der Waals surface area contributed by atoms with Crippen LogP contribution in [-0.2, 0) is 0 Å². The van der Waals surface area contributed by atoms with Crippen LogP contribution < -0.4 is 4.74 Å². The number of benzene rings is 1. The topological polar surface area (TPSA) is 37.7 Å². The van der Waals surface area contributed by atoms with Gasteiger partial charge < -0.3 is 9.64 Å². The predicted molar refractivity (Wildman–Crippen MR) is 108 cm³/mol. The van der Waals surface area contributed by atoms with E-state index in [0.717, 1.165) is 28.8 Å². The number of fused-ring (bicyclic) bond motifs is 1. The molecule has 3 atom stereocenters. The number of hydrogen-bond donors (Lipinski definition) is 0. The smallest absolute Gasteiger partial charge is 0.160 e. The number of aromatic nitrogens is 1. The zero-order valence-corrected chi connectivity index (χ0v) is 16.3. The molecule has 1 aromatic heterocycles. The number of hydrogen-bond acceptors (Lipinski definition) is 5. The molecule has 5 heteroatoms. The van der Waals surface area contributed by atoms with Gasteiger partial charge in [0.05, 0.1) is 17.8 Å². The van der Waals surface area contributed by atoms with Crippen LogP contribution in [0.4, 0.5) is 0 Å². The maximum Gasteiger partial charge on any atom is 0.160 e. The van der Waals surface area contributed by atoms with E-state index in [1.807, 2.05) is 36.2 Å². The van der Waals surface area contributed by atoms with Gasteiger partial charge in [0, 0.05) is 23.6 Å². The van der Waals surface area contributed by atoms with Gasteiger partial charge >= 0.3 is 0 Å². The molecular weight excluding hydrogens is 342 g/mol. The zero-order chi connectivity index (χ0) is 18.1. The van der Waals surface area contributed by atoms with E-state index in [2.05, 4.69) is 54.9 Å². The van der Waals surface area contributed by atoms with Gasteiger partial charge in [-0.1, -0.05) is 43.0 Å². The predicted octanol–water partition coefficient (Wildman–Crippen LogP) is 4.85. The Kier molecular flexibility index (Phi) is 4.90. The first-order valence-corrected chi connectivity index (χ1v) is 10.3. The van der Waals surface area contributed by atoms with E-state index in [9.17, 15) is 0 Å². The first-order valence-electron chi connectivity index (χ1n) is 9.34. The Morgan fingerprint density at radius 3 is 2.73 bits per heavy atom. The monoisotopic (exact) mass is 367 g/mol. The number of rotatable bonds is 5. The molecule has 0 N–H and O–H groups in total. The minimum Gasteiger partial charge on any atom is -0.491 e. The Labute approximate surface area is 159 Å². The molecule has 0 unspecified atom stereocenters. The minimum absolute atomic E-state index is 0.00459. The fourth-order valence-electron chi connectivity index (χ4n) is 3.77. The average Bonchev–Trinajstić information content (AvgIpc) is 3.21. The lowest BCUT2D eigenvalue weighted by molar-refractivity contribution is 0.218. The highest BCUT2D eigenvalue weighted by atomic mass is 32.2. The minimum atomic E-state index is 0.00459. The van der Waals surface area contributed by atoms with Crippen LogP contribution in [0.2, 0.25) is 0 Å². The maximum absolute atomic E-state index is 6.15. The molecule has 4 rings (SSSR count). The summed E-state index contributed by atoms with van der Waals surface area (Å²) in [5.74, 6) is 2.06. The van der Waals surface area contributed by atoms with E-state index < -0.39 is 0 Å². The van der Waals surface area contributed by atoms with Gasteiger partial charge in [-0.15, -0.1) is 0 Å². The van der Waals surface area contributed by atoms with E-state index in [0.29, 0.717) is 6.04 Å². The van der Waals surface area contributed by atoms with Crippen LogP contribution in [0.1, 0.15) is 50.5 Å². The van der Waals surface area contributed by atoms with Crippen molar-refractivity contribution in [1.29, 1.82) is 0 Å². The number of thioether (sulfide) groups is 1. The Morgan fingerprint density at radius 2 is 2.00 bits per heavy atom. The van der Waals surface area contributed by atoms with Crippen LogP contribution in [-0.4, -0.2) is 33.0 Å². The molecule has 0 radical (unpaired) electrons. The van der Waals surface area contributed by atoms with E-state index in [1.54, 1.807) is 0 Å². The van der Waals surface area contributed by atoms with Crippen molar-refractivity contribution in [3.63, 3.8) is 0 Å². The number of nitrogens with zero attached hydrogens (tertiary/aromatic N) is 3. The Balaban J connectivity index is 1.80. The third-order valence-electron chi connectivity index (χ3n) is 4.93. The van der Waals surface area contributed by atoms with Crippen LogP contribution >= 0.6 is 11.8 Å². The summed E-state index contributed by atoms with van der Waals surface area (Å²) in [6.07, 6.45) is 3.11. The highest BCUT2D eigenvalue weighted by Crippen LogP contribution is 2.50. The molecule has 0 spiro atoms. The summed E-state index contributed by atoms with van der Waals surface area (Å²) < 4.78 is 6.15. The highest BCUT2D eigenvalue weighted by molar-refractivity contribution is 8.14. The van der Waals surface area contributed by atoms with Gasteiger partial charge in [0.25, 0.3) is 0 Å². The first kappa shape index (κ1) is 17.4. The summed E-state index contributed by atoms with van der Waals surface area (Å²) in [5, 5.41) is 1.15. The number of pyridine rings is 1. The standard InChI is InChI=1S/C21H25N3OS/c1-4-15-13-26-21-23-19(17-10-7-8-12-22-17)20(24(15)21)16-9-5-6-11-18(16)25-14(2)3/h5-12,14-15,19-20H,4,13H2,1-3H3/t15-,19+,20-/m1/s1. The van der Waals surface area contributed by atoms with Crippen LogP contribution in [0.15, 0.2) is 53.7 Å². The third kappa shape index (κ3) is 3.09. The SMILES string of the molecule is CC[C@@H]1CSC2=N[C@@H](c3ccccn3)[C@@H](c3ccccc3OC(C)C)N21. The summed E-state index contributed by atoms with van der Waals surface area (Å²) >= 11 is 1.87. The zero-order valence-electron chi connectivity index (χ0n) is 15.5. The molecule has 3 heterocycles. The molecule has 4 nitrogen and oxygen atoms in total. The molecule has 0 saturated carbocycles. The second kappa shape index (κ2) is 7.31. The maximum atomic E-state index is 6.15. The van der Waals surface area contributed by atoms with Crippen molar-refractivity contribution in [2.24, 2.45) is 4.99 Å². The van der Waals surface area contributed by atoms with Crippen LogP contribution in [0.5, 0.6) is 5.75 Å². The average molecular weight is 368 g/mol. The van der Waals surface area contributed by atoms with Crippen molar-refractivity contribution in [2.45, 2.75) is 51.4 Å². The van der Waals surface area contributed by atoms with Gasteiger partial charge in [-0.3, -0.25) is 9.98 Å². The van der Waals surface area contributed by atoms with Gasteiger partial charge in [-0.2, -0.15) is 0 Å². The Morgan fingerprint density at radius 1 is 1.19 bits per heavy atom. The van der Waals surface area contributed by atoms with Crippen molar-refractivity contribution in [1.82, 2.24) is 9.88 Å². The fraction of sp³-hybridized carbons (Fsp3) is 0.429. The number of aliphatic imine (C=N–C) groups is 1.